The van der Waals surface area contributed by atoms with E-state index < -0.39 is 0 Å². The first-order valence-electron chi connectivity index (χ1n) is 9.92. The molecule has 5 rings (SSSR count). The average molecular weight is 491 g/mol. The molecule has 1 aliphatic heterocycles. The molecule has 7 heteroatoms. The fraction of sp³-hybridized carbons (Fsp3) is 0.125. The van der Waals surface area contributed by atoms with Crippen LogP contribution in [0.25, 0.3) is 11.3 Å². The summed E-state index contributed by atoms with van der Waals surface area (Å²) in [4.78, 5) is 11.0. The average Bonchev–Trinajstić information content (AvgIpc) is 3.41. The topological polar surface area (TPSA) is 54.2 Å². The van der Waals surface area contributed by atoms with Gasteiger partial charge in [-0.3, -0.25) is 9.97 Å². The van der Waals surface area contributed by atoms with Crippen LogP contribution in [-0.4, -0.2) is 20.0 Å². The van der Waals surface area contributed by atoms with Crippen LogP contribution in [0, 0.1) is 0 Å². The van der Waals surface area contributed by atoms with Gasteiger partial charge in [0, 0.05) is 35.2 Å². The fourth-order valence-electron chi connectivity index (χ4n) is 3.85. The van der Waals surface area contributed by atoms with Crippen LogP contribution in [-0.2, 0) is 6.54 Å². The van der Waals surface area contributed by atoms with E-state index in [1.165, 1.54) is 0 Å². The predicted molar refractivity (Wildman–Crippen MR) is 127 cm³/mol. The number of aromatic nitrogens is 2. The quantitative estimate of drug-likeness (QED) is 0.363. The van der Waals surface area contributed by atoms with Gasteiger partial charge in [-0.05, 0) is 60.2 Å². The van der Waals surface area contributed by atoms with E-state index >= 15 is 0 Å². The Labute approximate surface area is 194 Å². The zero-order valence-corrected chi connectivity index (χ0v) is 18.9. The van der Waals surface area contributed by atoms with Gasteiger partial charge in [0.1, 0.15) is 17.6 Å². The van der Waals surface area contributed by atoms with Gasteiger partial charge in [0.25, 0.3) is 0 Å². The normalized spacial score (nSPS) is 18.2. The van der Waals surface area contributed by atoms with Crippen molar-refractivity contribution < 1.29 is 4.42 Å². The maximum absolute atomic E-state index is 6.36. The van der Waals surface area contributed by atoms with Crippen LogP contribution in [0.5, 0.6) is 0 Å². The van der Waals surface area contributed by atoms with Gasteiger partial charge in [0.15, 0.2) is 5.11 Å². The van der Waals surface area contributed by atoms with E-state index in [1.807, 2.05) is 66.9 Å². The van der Waals surface area contributed by atoms with Gasteiger partial charge in [0.2, 0.25) is 0 Å². The van der Waals surface area contributed by atoms with Crippen LogP contribution in [0.4, 0.5) is 0 Å². The molecule has 1 fully saturated rings. The van der Waals surface area contributed by atoms with Gasteiger partial charge < -0.3 is 14.6 Å². The second kappa shape index (κ2) is 8.61. The summed E-state index contributed by atoms with van der Waals surface area (Å²) in [5, 5.41) is 4.13. The molecule has 0 unspecified atom stereocenters. The van der Waals surface area contributed by atoms with Gasteiger partial charge in [-0.25, -0.2) is 0 Å². The number of rotatable bonds is 5. The molecule has 1 saturated heterocycles. The van der Waals surface area contributed by atoms with Gasteiger partial charge >= 0.3 is 0 Å². The SMILES string of the molecule is S=C1N[C@@H](c2ccccn2)[C@@H](c2ccc(-c3ccc(Br)cc3)o2)N1Cc1cccnc1. The Bertz CT molecular complexity index is 1180. The Morgan fingerprint density at radius 2 is 1.87 bits per heavy atom. The molecule has 0 bridgehead atoms. The number of benzene rings is 1. The number of pyridine rings is 2. The van der Waals surface area contributed by atoms with Crippen molar-refractivity contribution in [3.8, 4) is 11.3 Å². The van der Waals surface area contributed by atoms with Crippen molar-refractivity contribution in [3.05, 3.63) is 107 Å². The van der Waals surface area contributed by atoms with Gasteiger partial charge in [-0.15, -0.1) is 0 Å². The monoisotopic (exact) mass is 490 g/mol. The summed E-state index contributed by atoms with van der Waals surface area (Å²) < 4.78 is 7.40. The summed E-state index contributed by atoms with van der Waals surface area (Å²) in [6.07, 6.45) is 5.44. The number of halogens is 1. The first kappa shape index (κ1) is 19.9. The minimum atomic E-state index is -0.133. The lowest BCUT2D eigenvalue weighted by Gasteiger charge is -2.26. The first-order valence-corrected chi connectivity index (χ1v) is 11.1. The van der Waals surface area contributed by atoms with Crippen molar-refractivity contribution in [2.75, 3.05) is 0 Å². The number of thiocarbonyl (C=S) groups is 1. The number of nitrogens with zero attached hydrogens (tertiary/aromatic N) is 3. The molecule has 0 aliphatic carbocycles. The number of hydrogen-bond acceptors (Lipinski definition) is 4. The molecule has 0 radical (unpaired) electrons. The smallest absolute Gasteiger partial charge is 0.170 e. The summed E-state index contributed by atoms with van der Waals surface area (Å²) >= 11 is 9.21. The molecule has 2 atom stereocenters. The second-order valence-corrected chi connectivity index (χ2v) is 8.63. The maximum Gasteiger partial charge on any atom is 0.170 e. The van der Waals surface area contributed by atoms with E-state index in [1.54, 1.807) is 12.4 Å². The van der Waals surface area contributed by atoms with Gasteiger partial charge in [0.05, 0.1) is 11.7 Å². The Morgan fingerprint density at radius 1 is 1.00 bits per heavy atom. The zero-order valence-electron chi connectivity index (χ0n) is 16.5. The largest absolute Gasteiger partial charge is 0.459 e. The molecule has 1 aromatic carbocycles. The molecule has 3 aromatic heterocycles. The molecule has 0 amide bonds. The molecule has 0 saturated carbocycles. The third-order valence-corrected chi connectivity index (χ3v) is 6.20. The molecular weight excluding hydrogens is 472 g/mol. The summed E-state index contributed by atoms with van der Waals surface area (Å²) in [7, 11) is 0. The van der Waals surface area contributed by atoms with Crippen LogP contribution in [0.3, 0.4) is 0 Å². The molecule has 1 aliphatic rings. The highest BCUT2D eigenvalue weighted by Crippen LogP contribution is 2.41. The van der Waals surface area contributed by atoms with Crippen molar-refractivity contribution in [2.45, 2.75) is 18.6 Å². The van der Waals surface area contributed by atoms with Crippen molar-refractivity contribution in [3.63, 3.8) is 0 Å². The van der Waals surface area contributed by atoms with E-state index in [0.29, 0.717) is 11.7 Å². The van der Waals surface area contributed by atoms with Crippen LogP contribution < -0.4 is 5.32 Å². The first-order chi connectivity index (χ1) is 15.2. The van der Waals surface area contributed by atoms with Gasteiger partial charge in [-0.1, -0.05) is 40.2 Å². The summed E-state index contributed by atoms with van der Waals surface area (Å²) in [5.74, 6) is 1.66. The highest BCUT2D eigenvalue weighted by Gasteiger charge is 2.41. The van der Waals surface area contributed by atoms with Crippen LogP contribution in [0.15, 0.2) is 94.2 Å². The molecule has 154 valence electrons. The molecular formula is C24H19BrN4OS. The van der Waals surface area contributed by atoms with Crippen molar-refractivity contribution in [1.29, 1.82) is 0 Å². The molecule has 31 heavy (non-hydrogen) atoms. The molecule has 4 aromatic rings. The molecule has 1 N–H and O–H groups in total. The zero-order chi connectivity index (χ0) is 21.2. The number of furan rings is 1. The second-order valence-electron chi connectivity index (χ2n) is 7.32. The Hall–Kier alpha value is -3.03. The van der Waals surface area contributed by atoms with Crippen molar-refractivity contribution in [2.24, 2.45) is 0 Å². The van der Waals surface area contributed by atoms with E-state index in [0.717, 1.165) is 32.8 Å². The van der Waals surface area contributed by atoms with Crippen LogP contribution in [0.1, 0.15) is 29.1 Å². The predicted octanol–water partition coefficient (Wildman–Crippen LogP) is 5.67. The number of hydrogen-bond donors (Lipinski definition) is 1. The molecule has 0 spiro atoms. The highest BCUT2D eigenvalue weighted by molar-refractivity contribution is 9.10. The molecule has 5 nitrogen and oxygen atoms in total. The molecule has 4 heterocycles. The van der Waals surface area contributed by atoms with Gasteiger partial charge in [-0.2, -0.15) is 0 Å². The van der Waals surface area contributed by atoms with Crippen molar-refractivity contribution in [1.82, 2.24) is 20.2 Å². The van der Waals surface area contributed by atoms with E-state index in [2.05, 4.69) is 42.2 Å². The minimum absolute atomic E-state index is 0.116. The van der Waals surface area contributed by atoms with E-state index in [-0.39, 0.29) is 12.1 Å². The number of nitrogens with one attached hydrogen (secondary N) is 1. The maximum atomic E-state index is 6.36. The van der Waals surface area contributed by atoms with E-state index in [4.69, 9.17) is 16.6 Å². The van der Waals surface area contributed by atoms with Crippen LogP contribution >= 0.6 is 28.1 Å². The van der Waals surface area contributed by atoms with Crippen LogP contribution in [0.2, 0.25) is 0 Å². The Morgan fingerprint density at radius 3 is 2.61 bits per heavy atom. The van der Waals surface area contributed by atoms with E-state index in [9.17, 15) is 0 Å². The lowest BCUT2D eigenvalue weighted by molar-refractivity contribution is 0.269. The minimum Gasteiger partial charge on any atom is -0.459 e. The summed E-state index contributed by atoms with van der Waals surface area (Å²) in [6.45, 7) is 0.627. The fourth-order valence-corrected chi connectivity index (χ4v) is 4.42. The summed E-state index contributed by atoms with van der Waals surface area (Å²) in [5.41, 5.74) is 3.03. The lowest BCUT2D eigenvalue weighted by atomic mass is 10.0. The third-order valence-electron chi connectivity index (χ3n) is 5.32. The summed E-state index contributed by atoms with van der Waals surface area (Å²) in [6, 6.07) is 21.8. The lowest BCUT2D eigenvalue weighted by Crippen LogP contribution is -2.29. The Kier molecular flexibility index (Phi) is 5.53. The third kappa shape index (κ3) is 4.11. The highest BCUT2D eigenvalue weighted by atomic mass is 79.9. The standard InChI is InChI=1S/C24H19BrN4OS/c25-18-8-6-17(7-9-18)20-10-11-21(30-20)23-22(19-5-1-2-13-27-19)28-24(31)29(23)15-16-4-3-12-26-14-16/h1-14,22-23H,15H2,(H,28,31)/t22-,23+/m0/s1. The Balaban J connectivity index is 1.53. The van der Waals surface area contributed by atoms with Crippen molar-refractivity contribution >= 4 is 33.3 Å².